The maximum Gasteiger partial charge on any atom is 0.134 e. The Morgan fingerprint density at radius 3 is 1.50 bits per heavy atom. The summed E-state index contributed by atoms with van der Waals surface area (Å²) in [6, 6.07) is 0. The van der Waals surface area contributed by atoms with Gasteiger partial charge in [-0.05, 0) is 11.8 Å². The van der Waals surface area contributed by atoms with Crippen molar-refractivity contribution in [2.75, 3.05) is 0 Å². The van der Waals surface area contributed by atoms with Crippen LogP contribution in [0.1, 0.15) is 0 Å². The Morgan fingerprint density at radius 2 is 1.25 bits per heavy atom. The van der Waals surface area contributed by atoms with Crippen molar-refractivity contribution in [2.45, 2.75) is 12.2 Å². The second-order valence-electron chi connectivity index (χ2n) is 1.90. The Labute approximate surface area is 72.2 Å². The lowest BCUT2D eigenvalue weighted by molar-refractivity contribution is 0.280. The van der Waals surface area contributed by atoms with Crippen LogP contribution in [0.2, 0.25) is 0 Å². The molecule has 0 amide bonds. The second-order valence-corrected chi connectivity index (χ2v) is 1.90. The van der Waals surface area contributed by atoms with E-state index in [4.69, 9.17) is 10.2 Å². The van der Waals surface area contributed by atoms with Crippen LogP contribution in [-0.2, 0) is 0 Å². The summed E-state index contributed by atoms with van der Waals surface area (Å²) in [6.45, 7) is 6.65. The molecule has 2 heteroatoms. The molecule has 0 bridgehead atoms. The van der Waals surface area contributed by atoms with Gasteiger partial charge in [-0.25, -0.2) is 0 Å². The highest BCUT2D eigenvalue weighted by Crippen LogP contribution is 1.79. The van der Waals surface area contributed by atoms with Gasteiger partial charge in [-0.15, -0.1) is 0 Å². The maximum absolute atomic E-state index is 8.84. The van der Waals surface area contributed by atoms with Crippen molar-refractivity contribution in [3.8, 4) is 23.7 Å². The highest BCUT2D eigenvalue weighted by Gasteiger charge is 1.86. The molecule has 2 unspecified atom stereocenters. The zero-order chi connectivity index (χ0) is 9.40. The van der Waals surface area contributed by atoms with Crippen molar-refractivity contribution in [1.29, 1.82) is 0 Å². The lowest BCUT2D eigenvalue weighted by atomic mass is 10.3. The van der Waals surface area contributed by atoms with Gasteiger partial charge in [-0.1, -0.05) is 37.2 Å². The topological polar surface area (TPSA) is 40.5 Å². The molecule has 0 heterocycles. The van der Waals surface area contributed by atoms with E-state index in [2.05, 4.69) is 36.8 Å². The van der Waals surface area contributed by atoms with Gasteiger partial charge >= 0.3 is 0 Å². The Kier molecular flexibility index (Phi) is 5.47. The van der Waals surface area contributed by atoms with Gasteiger partial charge < -0.3 is 10.2 Å². The van der Waals surface area contributed by atoms with Crippen molar-refractivity contribution in [2.24, 2.45) is 0 Å². The zero-order valence-electron chi connectivity index (χ0n) is 6.62. The van der Waals surface area contributed by atoms with E-state index in [1.54, 1.807) is 0 Å². The zero-order valence-corrected chi connectivity index (χ0v) is 6.62. The van der Waals surface area contributed by atoms with E-state index in [1.165, 1.54) is 12.2 Å². The first-order chi connectivity index (χ1) is 5.70. The molecule has 0 aromatic carbocycles. The molecule has 0 saturated carbocycles. The van der Waals surface area contributed by atoms with Gasteiger partial charge in [-0.3, -0.25) is 0 Å². The number of rotatable bonds is 2. The Bertz CT molecular complexity index is 240. The van der Waals surface area contributed by atoms with Crippen LogP contribution in [0.4, 0.5) is 0 Å². The molecule has 0 radical (unpaired) electrons. The van der Waals surface area contributed by atoms with Crippen molar-refractivity contribution >= 4 is 0 Å². The van der Waals surface area contributed by atoms with Crippen molar-refractivity contribution in [3.63, 3.8) is 0 Å². The number of aliphatic hydroxyl groups is 2. The summed E-state index contributed by atoms with van der Waals surface area (Å²) in [7, 11) is 0. The fraction of sp³-hybridized carbons (Fsp3) is 0.200. The highest BCUT2D eigenvalue weighted by atomic mass is 16.3. The summed E-state index contributed by atoms with van der Waals surface area (Å²) in [6.07, 6.45) is 0.859. The van der Waals surface area contributed by atoms with E-state index in [-0.39, 0.29) is 0 Å². The molecule has 0 aromatic rings. The van der Waals surface area contributed by atoms with Crippen LogP contribution in [0.15, 0.2) is 25.3 Å². The first-order valence-electron chi connectivity index (χ1n) is 3.33. The molecule has 0 saturated heterocycles. The van der Waals surface area contributed by atoms with Gasteiger partial charge in [-0.2, -0.15) is 0 Å². The predicted molar refractivity (Wildman–Crippen MR) is 48.0 cm³/mol. The van der Waals surface area contributed by atoms with Crippen LogP contribution >= 0.6 is 0 Å². The smallest absolute Gasteiger partial charge is 0.134 e. The summed E-state index contributed by atoms with van der Waals surface area (Å²) in [5, 5.41) is 17.7. The number of hydrogen-bond acceptors (Lipinski definition) is 2. The van der Waals surface area contributed by atoms with Crippen LogP contribution in [0.5, 0.6) is 0 Å². The van der Waals surface area contributed by atoms with E-state index >= 15 is 0 Å². The van der Waals surface area contributed by atoms with Crippen LogP contribution in [0.3, 0.4) is 0 Å². The Hall–Kier alpha value is -1.48. The lowest BCUT2D eigenvalue weighted by Crippen LogP contribution is -1.96. The van der Waals surface area contributed by atoms with Gasteiger partial charge in [0.15, 0.2) is 0 Å². The molecule has 0 aromatic heterocycles. The van der Waals surface area contributed by atoms with Crippen molar-refractivity contribution < 1.29 is 10.2 Å². The van der Waals surface area contributed by atoms with Gasteiger partial charge in [0, 0.05) is 0 Å². The normalized spacial score (nSPS) is 12.5. The van der Waals surface area contributed by atoms with E-state index in [0.717, 1.165) is 0 Å². The molecule has 2 N–H and O–H groups in total. The predicted octanol–water partition coefficient (Wildman–Crippen LogP) is 0.0870. The molecule has 12 heavy (non-hydrogen) atoms. The third-order valence-electron chi connectivity index (χ3n) is 0.949. The summed E-state index contributed by atoms with van der Waals surface area (Å²) in [4.78, 5) is 0. The second kappa shape index (κ2) is 6.24. The fourth-order valence-electron chi connectivity index (χ4n) is 0.338. The van der Waals surface area contributed by atoms with E-state index in [9.17, 15) is 0 Å². The first kappa shape index (κ1) is 10.5. The summed E-state index contributed by atoms with van der Waals surface area (Å²) in [5.41, 5.74) is 0. The Balaban J connectivity index is 4.04. The van der Waals surface area contributed by atoms with Gasteiger partial charge in [0.05, 0.1) is 0 Å². The quantitative estimate of drug-likeness (QED) is 0.446. The van der Waals surface area contributed by atoms with Crippen molar-refractivity contribution in [1.82, 2.24) is 0 Å². The molecule has 0 aliphatic rings. The molecule has 0 aliphatic carbocycles. The number of hydrogen-bond donors (Lipinski definition) is 2. The molecule has 0 rings (SSSR count). The SMILES string of the molecule is C=CC(O)C#CC#CC(O)C=C. The third-order valence-corrected chi connectivity index (χ3v) is 0.949. The fourth-order valence-corrected chi connectivity index (χ4v) is 0.338. The summed E-state index contributed by atoms with van der Waals surface area (Å²) < 4.78 is 0. The average Bonchev–Trinajstić information content (AvgIpc) is 2.11. The van der Waals surface area contributed by atoms with Gasteiger partial charge in [0.25, 0.3) is 0 Å². The monoisotopic (exact) mass is 162 g/mol. The maximum atomic E-state index is 8.84. The van der Waals surface area contributed by atoms with Crippen molar-refractivity contribution in [3.05, 3.63) is 25.3 Å². The third kappa shape index (κ3) is 5.32. The molecule has 2 atom stereocenters. The molecule has 2 nitrogen and oxygen atoms in total. The standard InChI is InChI=1S/C10H10O2/c1-3-9(11)7-5-6-8-10(12)4-2/h3-4,9-12H,1-2H2. The van der Waals surface area contributed by atoms with Gasteiger partial charge in [0.1, 0.15) is 12.2 Å². The minimum atomic E-state index is -0.861. The van der Waals surface area contributed by atoms with E-state index < -0.39 is 12.2 Å². The number of aliphatic hydroxyl groups excluding tert-OH is 2. The first-order valence-corrected chi connectivity index (χ1v) is 3.33. The lowest BCUT2D eigenvalue weighted by Gasteiger charge is -1.88. The van der Waals surface area contributed by atoms with Gasteiger partial charge in [0.2, 0.25) is 0 Å². The largest absolute Gasteiger partial charge is 0.377 e. The summed E-state index contributed by atoms with van der Waals surface area (Å²) >= 11 is 0. The minimum absolute atomic E-state index is 0.861. The van der Waals surface area contributed by atoms with Crippen LogP contribution in [0, 0.1) is 23.7 Å². The molecule has 0 aliphatic heterocycles. The Morgan fingerprint density at radius 1 is 0.917 bits per heavy atom. The molecular weight excluding hydrogens is 152 g/mol. The molecule has 0 fully saturated rings. The molecule has 0 spiro atoms. The van der Waals surface area contributed by atoms with Crippen LogP contribution < -0.4 is 0 Å². The van der Waals surface area contributed by atoms with E-state index in [1.807, 2.05) is 0 Å². The minimum Gasteiger partial charge on any atom is -0.377 e. The molecule has 62 valence electrons. The molecular formula is C10H10O2. The van der Waals surface area contributed by atoms with E-state index in [0.29, 0.717) is 0 Å². The van der Waals surface area contributed by atoms with Crippen LogP contribution in [-0.4, -0.2) is 22.4 Å². The average molecular weight is 162 g/mol. The highest BCUT2D eigenvalue weighted by molar-refractivity contribution is 5.30. The van der Waals surface area contributed by atoms with Crippen LogP contribution in [0.25, 0.3) is 0 Å². The summed E-state index contributed by atoms with van der Waals surface area (Å²) in [5.74, 6) is 9.48.